The summed E-state index contributed by atoms with van der Waals surface area (Å²) in [7, 11) is 0. The zero-order chi connectivity index (χ0) is 19.3. The summed E-state index contributed by atoms with van der Waals surface area (Å²) < 4.78 is 10.7. The second-order valence-corrected chi connectivity index (χ2v) is 6.50. The van der Waals surface area contributed by atoms with Crippen LogP contribution in [0.15, 0.2) is 54.6 Å². The Morgan fingerprint density at radius 1 is 0.926 bits per heavy atom. The van der Waals surface area contributed by atoms with E-state index in [0.29, 0.717) is 19.4 Å². The standard InChI is InChI=1S/C22H25NO4/c1-3-26-20(24)22(21(25)27-4-2)15-14-18-12-8-9-13-19(18)23(22)16-17-10-6-5-7-11-17/h5-13H,3-4,14-16H2,1-2H3. The first-order valence-corrected chi connectivity index (χ1v) is 9.37. The number of fused-ring (bicyclic) bond motifs is 1. The van der Waals surface area contributed by atoms with Crippen LogP contribution < -0.4 is 4.90 Å². The van der Waals surface area contributed by atoms with Gasteiger partial charge in [-0.15, -0.1) is 0 Å². The van der Waals surface area contributed by atoms with E-state index in [-0.39, 0.29) is 13.2 Å². The molecular formula is C22H25NO4. The van der Waals surface area contributed by atoms with Crippen LogP contribution in [0.2, 0.25) is 0 Å². The number of carbonyl (C=O) groups is 2. The van der Waals surface area contributed by atoms with E-state index in [1.165, 1.54) is 0 Å². The highest BCUT2D eigenvalue weighted by Crippen LogP contribution is 2.40. The smallest absolute Gasteiger partial charge is 0.343 e. The number of anilines is 1. The third-order valence-corrected chi connectivity index (χ3v) is 4.91. The zero-order valence-corrected chi connectivity index (χ0v) is 15.8. The van der Waals surface area contributed by atoms with Gasteiger partial charge in [0.2, 0.25) is 5.54 Å². The molecule has 2 aromatic carbocycles. The molecule has 2 aromatic rings. The Balaban J connectivity index is 2.13. The van der Waals surface area contributed by atoms with E-state index < -0.39 is 17.5 Å². The lowest BCUT2D eigenvalue weighted by Gasteiger charge is -2.45. The summed E-state index contributed by atoms with van der Waals surface area (Å²) in [6.45, 7) is 4.32. The third kappa shape index (κ3) is 3.54. The van der Waals surface area contributed by atoms with Crippen molar-refractivity contribution in [3.63, 3.8) is 0 Å². The van der Waals surface area contributed by atoms with E-state index in [1.807, 2.05) is 59.5 Å². The molecule has 3 rings (SSSR count). The summed E-state index contributed by atoms with van der Waals surface area (Å²) in [5.74, 6) is -1.09. The zero-order valence-electron chi connectivity index (χ0n) is 15.8. The van der Waals surface area contributed by atoms with Gasteiger partial charge in [-0.25, -0.2) is 9.59 Å². The molecule has 5 nitrogen and oxygen atoms in total. The molecule has 0 amide bonds. The van der Waals surface area contributed by atoms with Crippen molar-refractivity contribution in [3.05, 3.63) is 65.7 Å². The van der Waals surface area contributed by atoms with Crippen LogP contribution >= 0.6 is 0 Å². The highest BCUT2D eigenvalue weighted by molar-refractivity contribution is 6.09. The van der Waals surface area contributed by atoms with Gasteiger partial charge in [0.1, 0.15) is 0 Å². The molecule has 0 aromatic heterocycles. The van der Waals surface area contributed by atoms with Gasteiger partial charge in [-0.2, -0.15) is 0 Å². The molecule has 0 saturated carbocycles. The number of para-hydroxylation sites is 1. The van der Waals surface area contributed by atoms with Gasteiger partial charge in [0.25, 0.3) is 0 Å². The quantitative estimate of drug-likeness (QED) is 0.578. The first-order chi connectivity index (χ1) is 13.1. The van der Waals surface area contributed by atoms with E-state index >= 15 is 0 Å². The largest absolute Gasteiger partial charge is 0.464 e. The predicted molar refractivity (Wildman–Crippen MR) is 103 cm³/mol. The minimum Gasteiger partial charge on any atom is -0.464 e. The highest BCUT2D eigenvalue weighted by Gasteiger charge is 2.55. The van der Waals surface area contributed by atoms with Crippen molar-refractivity contribution >= 4 is 17.6 Å². The fourth-order valence-electron chi connectivity index (χ4n) is 3.64. The van der Waals surface area contributed by atoms with Crippen LogP contribution in [-0.2, 0) is 32.0 Å². The lowest BCUT2D eigenvalue weighted by atomic mass is 9.83. The fraction of sp³-hybridized carbons (Fsp3) is 0.364. The number of benzene rings is 2. The van der Waals surface area contributed by atoms with Crippen LogP contribution in [0.25, 0.3) is 0 Å². The first kappa shape index (κ1) is 19.0. The van der Waals surface area contributed by atoms with E-state index in [9.17, 15) is 9.59 Å². The third-order valence-electron chi connectivity index (χ3n) is 4.91. The van der Waals surface area contributed by atoms with Crippen molar-refractivity contribution in [3.8, 4) is 0 Å². The lowest BCUT2D eigenvalue weighted by molar-refractivity contribution is -0.165. The number of hydrogen-bond acceptors (Lipinski definition) is 5. The monoisotopic (exact) mass is 367 g/mol. The maximum atomic E-state index is 13.1. The average molecular weight is 367 g/mol. The molecule has 0 aliphatic carbocycles. The molecule has 142 valence electrons. The number of aryl methyl sites for hydroxylation is 1. The number of nitrogens with zero attached hydrogens (tertiary/aromatic N) is 1. The number of ether oxygens (including phenoxy) is 2. The van der Waals surface area contributed by atoms with Gasteiger partial charge in [-0.05, 0) is 43.9 Å². The van der Waals surface area contributed by atoms with Crippen LogP contribution in [-0.4, -0.2) is 30.7 Å². The number of rotatable bonds is 6. The van der Waals surface area contributed by atoms with Crippen molar-refractivity contribution in [1.82, 2.24) is 0 Å². The van der Waals surface area contributed by atoms with E-state index in [1.54, 1.807) is 13.8 Å². The minimum absolute atomic E-state index is 0.209. The van der Waals surface area contributed by atoms with Crippen molar-refractivity contribution in [2.75, 3.05) is 18.1 Å². The van der Waals surface area contributed by atoms with Crippen LogP contribution in [0, 0.1) is 0 Å². The Morgan fingerprint density at radius 3 is 2.15 bits per heavy atom. The molecule has 0 N–H and O–H groups in total. The predicted octanol–water partition coefficient (Wildman–Crippen LogP) is 3.50. The molecule has 1 aliphatic rings. The molecule has 0 bridgehead atoms. The van der Waals surface area contributed by atoms with E-state index in [2.05, 4.69) is 0 Å². The average Bonchev–Trinajstić information content (AvgIpc) is 2.69. The minimum atomic E-state index is -1.48. The Bertz CT molecular complexity index is 785. The van der Waals surface area contributed by atoms with Gasteiger partial charge in [-0.3, -0.25) is 0 Å². The molecule has 0 saturated heterocycles. The normalized spacial score (nSPS) is 15.0. The van der Waals surface area contributed by atoms with Crippen LogP contribution in [0.1, 0.15) is 31.4 Å². The highest BCUT2D eigenvalue weighted by atomic mass is 16.6. The maximum absolute atomic E-state index is 13.1. The van der Waals surface area contributed by atoms with Gasteiger partial charge in [-0.1, -0.05) is 48.5 Å². The number of hydrogen-bond donors (Lipinski definition) is 0. The summed E-state index contributed by atoms with van der Waals surface area (Å²) in [6, 6.07) is 17.7. The Labute approximate surface area is 159 Å². The molecule has 0 spiro atoms. The molecule has 1 aliphatic heterocycles. The van der Waals surface area contributed by atoms with Crippen LogP contribution in [0.5, 0.6) is 0 Å². The molecule has 1 heterocycles. The summed E-state index contributed by atoms with van der Waals surface area (Å²) in [5, 5.41) is 0. The summed E-state index contributed by atoms with van der Waals surface area (Å²) in [4.78, 5) is 28.0. The summed E-state index contributed by atoms with van der Waals surface area (Å²) >= 11 is 0. The van der Waals surface area contributed by atoms with Crippen molar-refractivity contribution in [2.24, 2.45) is 0 Å². The SMILES string of the molecule is CCOC(=O)C1(C(=O)OCC)CCc2ccccc2N1Cc1ccccc1. The molecule has 0 atom stereocenters. The Morgan fingerprint density at radius 2 is 1.52 bits per heavy atom. The summed E-state index contributed by atoms with van der Waals surface area (Å²) in [5.41, 5.74) is 1.51. The van der Waals surface area contributed by atoms with E-state index in [4.69, 9.17) is 9.47 Å². The topological polar surface area (TPSA) is 55.8 Å². The summed E-state index contributed by atoms with van der Waals surface area (Å²) in [6.07, 6.45) is 0.938. The lowest BCUT2D eigenvalue weighted by Crippen LogP contribution is -2.63. The Kier molecular flexibility index (Phi) is 5.79. The first-order valence-electron chi connectivity index (χ1n) is 9.37. The van der Waals surface area contributed by atoms with Crippen LogP contribution in [0.4, 0.5) is 5.69 Å². The second-order valence-electron chi connectivity index (χ2n) is 6.50. The maximum Gasteiger partial charge on any atom is 0.343 e. The van der Waals surface area contributed by atoms with Gasteiger partial charge in [0, 0.05) is 12.2 Å². The van der Waals surface area contributed by atoms with Crippen LogP contribution in [0.3, 0.4) is 0 Å². The Hall–Kier alpha value is -2.82. The molecule has 0 unspecified atom stereocenters. The van der Waals surface area contributed by atoms with Gasteiger partial charge < -0.3 is 14.4 Å². The van der Waals surface area contributed by atoms with Crippen molar-refractivity contribution in [1.29, 1.82) is 0 Å². The fourth-order valence-corrected chi connectivity index (χ4v) is 3.64. The second kappa shape index (κ2) is 8.25. The van der Waals surface area contributed by atoms with Gasteiger partial charge in [0.15, 0.2) is 0 Å². The van der Waals surface area contributed by atoms with E-state index in [0.717, 1.165) is 16.8 Å². The molecule has 27 heavy (non-hydrogen) atoms. The van der Waals surface area contributed by atoms with Crippen molar-refractivity contribution in [2.45, 2.75) is 38.8 Å². The molecule has 0 fully saturated rings. The molecule has 0 radical (unpaired) electrons. The number of esters is 2. The van der Waals surface area contributed by atoms with Crippen molar-refractivity contribution < 1.29 is 19.1 Å². The number of carbonyl (C=O) groups excluding carboxylic acids is 2. The molecular weight excluding hydrogens is 342 g/mol. The van der Waals surface area contributed by atoms with Gasteiger partial charge >= 0.3 is 11.9 Å². The van der Waals surface area contributed by atoms with Gasteiger partial charge in [0.05, 0.1) is 13.2 Å². The molecule has 5 heteroatoms.